The molecule has 0 saturated heterocycles. The summed E-state index contributed by atoms with van der Waals surface area (Å²) < 4.78 is 0. The average molecular weight is 180 g/mol. The topological polar surface area (TPSA) is 51.9 Å². The van der Waals surface area contributed by atoms with Gasteiger partial charge in [-0.05, 0) is 16.8 Å². The Morgan fingerprint density at radius 1 is 1.07 bits per heavy atom. The second-order valence-electron chi connectivity index (χ2n) is 2.93. The van der Waals surface area contributed by atoms with Crippen LogP contribution in [0.5, 0.6) is 0 Å². The third-order valence-electron chi connectivity index (χ3n) is 2.09. The molecule has 0 amide bonds. The van der Waals surface area contributed by atoms with Crippen molar-refractivity contribution in [3.8, 4) is 6.07 Å². The standard InChI is InChI=1S/C11H6N3/c12-7-10-5-8-3-1-2-4-9(8)6-11(10)14-13/h1-6H/q+1. The van der Waals surface area contributed by atoms with E-state index in [1.807, 2.05) is 30.3 Å². The van der Waals surface area contributed by atoms with E-state index in [9.17, 15) is 0 Å². The predicted octanol–water partition coefficient (Wildman–Crippen LogP) is 3.20. The van der Waals surface area contributed by atoms with Crippen LogP contribution in [0.1, 0.15) is 5.56 Å². The molecule has 0 aliphatic heterocycles. The fourth-order valence-corrected chi connectivity index (χ4v) is 1.40. The van der Waals surface area contributed by atoms with Gasteiger partial charge in [0, 0.05) is 6.07 Å². The average Bonchev–Trinajstić information content (AvgIpc) is 2.27. The van der Waals surface area contributed by atoms with E-state index in [-0.39, 0.29) is 0 Å². The molecule has 64 valence electrons. The molecule has 0 radical (unpaired) electrons. The van der Waals surface area contributed by atoms with Gasteiger partial charge in [0.15, 0.2) is 4.98 Å². The number of rotatable bonds is 0. The molecule has 2 rings (SSSR count). The predicted molar refractivity (Wildman–Crippen MR) is 53.4 cm³/mol. The minimum atomic E-state index is 0.311. The fraction of sp³-hybridized carbons (Fsp3) is 0. The Morgan fingerprint density at radius 3 is 2.29 bits per heavy atom. The first-order chi connectivity index (χ1) is 6.85. The molecular formula is C11H6N3+. The fourth-order valence-electron chi connectivity index (χ4n) is 1.40. The lowest BCUT2D eigenvalue weighted by Crippen LogP contribution is -1.77. The first-order valence-electron chi connectivity index (χ1n) is 4.13. The highest BCUT2D eigenvalue weighted by atomic mass is 14.8. The van der Waals surface area contributed by atoms with Gasteiger partial charge in [-0.2, -0.15) is 5.26 Å². The molecule has 0 aromatic heterocycles. The summed E-state index contributed by atoms with van der Waals surface area (Å²) in [7, 11) is 0. The molecular weight excluding hydrogens is 174 g/mol. The van der Waals surface area contributed by atoms with Gasteiger partial charge >= 0.3 is 5.69 Å². The summed E-state index contributed by atoms with van der Waals surface area (Å²) in [6.45, 7) is 0. The largest absolute Gasteiger partial charge is 0.403 e. The zero-order chi connectivity index (χ0) is 9.97. The molecule has 0 atom stereocenters. The summed E-state index contributed by atoms with van der Waals surface area (Å²) in [4.78, 5) is 3.07. The normalized spacial score (nSPS) is 9.29. The molecule has 2 aromatic carbocycles. The Morgan fingerprint density at radius 2 is 1.71 bits per heavy atom. The molecule has 0 heterocycles. The molecule has 2 aromatic rings. The second-order valence-corrected chi connectivity index (χ2v) is 2.93. The van der Waals surface area contributed by atoms with Crippen molar-refractivity contribution in [1.82, 2.24) is 0 Å². The Balaban J connectivity index is 2.85. The van der Waals surface area contributed by atoms with Gasteiger partial charge in [-0.15, -0.1) is 0 Å². The molecule has 0 bridgehead atoms. The third kappa shape index (κ3) is 1.18. The van der Waals surface area contributed by atoms with Crippen LogP contribution < -0.4 is 0 Å². The van der Waals surface area contributed by atoms with Gasteiger partial charge in [-0.3, -0.25) is 0 Å². The van der Waals surface area contributed by atoms with Crippen molar-refractivity contribution in [3.05, 3.63) is 46.9 Å². The smallest absolute Gasteiger partial charge is 0.192 e. The highest BCUT2D eigenvalue weighted by molar-refractivity contribution is 5.88. The van der Waals surface area contributed by atoms with Crippen molar-refractivity contribution in [2.24, 2.45) is 0 Å². The molecule has 0 aliphatic carbocycles. The zero-order valence-electron chi connectivity index (χ0n) is 7.31. The summed E-state index contributed by atoms with van der Waals surface area (Å²) in [5.41, 5.74) is 0.692. The van der Waals surface area contributed by atoms with E-state index in [0.29, 0.717) is 11.3 Å². The quantitative estimate of drug-likeness (QED) is 0.584. The van der Waals surface area contributed by atoms with Crippen LogP contribution in [-0.2, 0) is 0 Å². The Hall–Kier alpha value is -2.39. The van der Waals surface area contributed by atoms with Crippen LogP contribution in [0, 0.1) is 16.7 Å². The summed E-state index contributed by atoms with van der Waals surface area (Å²) in [6.07, 6.45) is 0. The van der Waals surface area contributed by atoms with Gasteiger partial charge in [-0.1, -0.05) is 24.3 Å². The van der Waals surface area contributed by atoms with Crippen molar-refractivity contribution in [3.63, 3.8) is 0 Å². The van der Waals surface area contributed by atoms with Gasteiger partial charge in [0.25, 0.3) is 0 Å². The summed E-state index contributed by atoms with van der Waals surface area (Å²) >= 11 is 0. The molecule has 0 unspecified atom stereocenters. The van der Waals surface area contributed by atoms with Crippen LogP contribution in [0.4, 0.5) is 5.69 Å². The molecule has 14 heavy (non-hydrogen) atoms. The van der Waals surface area contributed by atoms with E-state index in [4.69, 9.17) is 10.7 Å². The van der Waals surface area contributed by atoms with E-state index in [2.05, 4.69) is 4.98 Å². The Kier molecular flexibility index (Phi) is 1.86. The number of nitrogens with zero attached hydrogens (tertiary/aromatic N) is 3. The minimum Gasteiger partial charge on any atom is -0.192 e. The molecule has 3 nitrogen and oxygen atoms in total. The monoisotopic (exact) mass is 180 g/mol. The maximum Gasteiger partial charge on any atom is 0.403 e. The summed E-state index contributed by atoms with van der Waals surface area (Å²) in [5.74, 6) is 0. The van der Waals surface area contributed by atoms with E-state index in [0.717, 1.165) is 10.8 Å². The van der Waals surface area contributed by atoms with Gasteiger partial charge in [0.2, 0.25) is 5.39 Å². The number of fused-ring (bicyclic) bond motifs is 1. The number of hydrogen-bond donors (Lipinski definition) is 0. The van der Waals surface area contributed by atoms with E-state index in [1.54, 1.807) is 12.1 Å². The van der Waals surface area contributed by atoms with Crippen LogP contribution in [-0.4, -0.2) is 0 Å². The van der Waals surface area contributed by atoms with Crippen LogP contribution in [0.3, 0.4) is 0 Å². The lowest BCUT2D eigenvalue weighted by atomic mass is 10.1. The minimum absolute atomic E-state index is 0.311. The maximum absolute atomic E-state index is 8.79. The number of benzene rings is 2. The van der Waals surface area contributed by atoms with E-state index in [1.165, 1.54) is 0 Å². The molecule has 0 aliphatic rings. The highest BCUT2D eigenvalue weighted by Gasteiger charge is 2.13. The van der Waals surface area contributed by atoms with Crippen LogP contribution in [0.15, 0.2) is 36.4 Å². The highest BCUT2D eigenvalue weighted by Crippen LogP contribution is 2.25. The third-order valence-corrected chi connectivity index (χ3v) is 2.09. The zero-order valence-corrected chi connectivity index (χ0v) is 7.31. The lowest BCUT2D eigenvalue weighted by Gasteiger charge is -1.93. The van der Waals surface area contributed by atoms with Gasteiger partial charge in [-0.25, -0.2) is 0 Å². The van der Waals surface area contributed by atoms with Gasteiger partial charge < -0.3 is 0 Å². The molecule has 0 spiro atoms. The molecule has 3 heteroatoms. The van der Waals surface area contributed by atoms with Crippen molar-refractivity contribution in [2.75, 3.05) is 0 Å². The Labute approximate surface area is 80.8 Å². The van der Waals surface area contributed by atoms with Crippen molar-refractivity contribution in [2.45, 2.75) is 0 Å². The first-order valence-corrected chi connectivity index (χ1v) is 4.13. The number of diazo groups is 1. The van der Waals surface area contributed by atoms with Crippen molar-refractivity contribution < 1.29 is 0 Å². The van der Waals surface area contributed by atoms with Crippen LogP contribution >= 0.6 is 0 Å². The van der Waals surface area contributed by atoms with Gasteiger partial charge in [0.1, 0.15) is 11.6 Å². The van der Waals surface area contributed by atoms with Crippen molar-refractivity contribution in [1.29, 1.82) is 10.7 Å². The lowest BCUT2D eigenvalue weighted by molar-refractivity contribution is 1.44. The molecule has 0 saturated carbocycles. The van der Waals surface area contributed by atoms with Gasteiger partial charge in [0.05, 0.1) is 0 Å². The summed E-state index contributed by atoms with van der Waals surface area (Å²) in [6, 6.07) is 13.0. The van der Waals surface area contributed by atoms with E-state index < -0.39 is 0 Å². The van der Waals surface area contributed by atoms with Crippen LogP contribution in [0.2, 0.25) is 0 Å². The van der Waals surface area contributed by atoms with Crippen molar-refractivity contribution >= 4 is 16.5 Å². The number of hydrogen-bond acceptors (Lipinski definition) is 2. The maximum atomic E-state index is 8.79. The van der Waals surface area contributed by atoms with E-state index >= 15 is 0 Å². The summed E-state index contributed by atoms with van der Waals surface area (Å²) in [5, 5.41) is 19.4. The molecule has 0 fully saturated rings. The SMILES string of the molecule is N#Cc1cc2ccccc2cc1[N+]#N. The second kappa shape index (κ2) is 3.16. The Bertz CT molecular complexity index is 521. The van der Waals surface area contributed by atoms with Crippen LogP contribution in [0.25, 0.3) is 15.7 Å². The first kappa shape index (κ1) is 8.22. The molecule has 0 N–H and O–H groups in total. The number of nitriles is 1.